The van der Waals surface area contributed by atoms with Crippen molar-refractivity contribution in [2.24, 2.45) is 0 Å². The van der Waals surface area contributed by atoms with Gasteiger partial charge in [0.15, 0.2) is 0 Å². The summed E-state index contributed by atoms with van der Waals surface area (Å²) >= 11 is 0. The lowest BCUT2D eigenvalue weighted by molar-refractivity contribution is -0.137. The molecule has 0 atom stereocenters. The zero-order chi connectivity index (χ0) is 8.48. The Morgan fingerprint density at radius 3 is 1.75 bits per heavy atom. The average molecular weight is 199 g/mol. The third kappa shape index (κ3) is 2.62. The Hall–Kier alpha value is -0.900. The number of halogens is 4. The lowest BCUT2D eigenvalue weighted by atomic mass is 10.2. The smallest absolute Gasteiger partial charge is 0.416 e. The monoisotopic (exact) mass is 198 g/mol. The molecular weight excluding hydrogens is 193 g/mol. The number of hydrogen-bond acceptors (Lipinski definition) is 1. The van der Waals surface area contributed by atoms with Crippen LogP contribution in [0.2, 0.25) is 0 Å². The number of benzene rings is 1. The van der Waals surface area contributed by atoms with Crippen molar-refractivity contribution in [2.75, 3.05) is 0 Å². The predicted octanol–water partition coefficient (Wildman–Crippen LogP) is 2.83. The summed E-state index contributed by atoms with van der Waals surface area (Å²) in [4.78, 5) is 0. The minimum atomic E-state index is -4.33. The molecule has 0 amide bonds. The molecule has 1 aromatic carbocycles. The van der Waals surface area contributed by atoms with Crippen LogP contribution in [0, 0.1) is 0 Å². The van der Waals surface area contributed by atoms with Crippen LogP contribution in [0.4, 0.5) is 13.2 Å². The summed E-state index contributed by atoms with van der Waals surface area (Å²) in [5, 5.41) is 8.66. The lowest BCUT2D eigenvalue weighted by Crippen LogP contribution is -2.03. The minimum Gasteiger partial charge on any atom is -0.508 e. The summed E-state index contributed by atoms with van der Waals surface area (Å²) in [6.07, 6.45) is -4.33. The third-order valence-electron chi connectivity index (χ3n) is 1.19. The maximum Gasteiger partial charge on any atom is 0.416 e. The van der Waals surface area contributed by atoms with Gasteiger partial charge in [0.1, 0.15) is 5.75 Å². The molecule has 1 aromatic rings. The second kappa shape index (κ2) is 3.67. The molecule has 0 heterocycles. The van der Waals surface area contributed by atoms with Gasteiger partial charge in [0.2, 0.25) is 0 Å². The molecule has 0 aliphatic heterocycles. The van der Waals surface area contributed by atoms with Crippen LogP contribution < -0.4 is 0 Å². The van der Waals surface area contributed by atoms with Crippen LogP contribution in [0.15, 0.2) is 24.3 Å². The topological polar surface area (TPSA) is 20.2 Å². The highest BCUT2D eigenvalue weighted by atomic mass is 35.5. The highest BCUT2D eigenvalue weighted by molar-refractivity contribution is 5.85. The summed E-state index contributed by atoms with van der Waals surface area (Å²) in [5.74, 6) is -0.169. The Morgan fingerprint density at radius 1 is 1.00 bits per heavy atom. The molecule has 5 heteroatoms. The Bertz CT molecular complexity index is 242. The van der Waals surface area contributed by atoms with Gasteiger partial charge < -0.3 is 5.11 Å². The van der Waals surface area contributed by atoms with Gasteiger partial charge in [-0.3, -0.25) is 0 Å². The van der Waals surface area contributed by atoms with Crippen molar-refractivity contribution in [3.05, 3.63) is 29.8 Å². The maximum atomic E-state index is 11.8. The molecule has 0 saturated carbocycles. The first-order chi connectivity index (χ1) is 5.00. The van der Waals surface area contributed by atoms with Crippen LogP contribution in [0.5, 0.6) is 5.75 Å². The fourth-order valence-corrected chi connectivity index (χ4v) is 0.650. The van der Waals surface area contributed by atoms with E-state index in [1.807, 2.05) is 0 Å². The highest BCUT2D eigenvalue weighted by Crippen LogP contribution is 2.29. The number of hydrogen-bond donors (Lipinski definition) is 1. The normalized spacial score (nSPS) is 10.6. The predicted molar refractivity (Wildman–Crippen MR) is 40.4 cm³/mol. The number of aromatic hydroxyl groups is 1. The molecule has 12 heavy (non-hydrogen) atoms. The van der Waals surface area contributed by atoms with E-state index in [-0.39, 0.29) is 18.2 Å². The van der Waals surface area contributed by atoms with Gasteiger partial charge in [-0.15, -0.1) is 12.4 Å². The van der Waals surface area contributed by atoms with E-state index in [1.165, 1.54) is 0 Å². The zero-order valence-electron chi connectivity index (χ0n) is 5.80. The van der Waals surface area contributed by atoms with Crippen molar-refractivity contribution >= 4 is 12.4 Å². The van der Waals surface area contributed by atoms with Gasteiger partial charge in [-0.2, -0.15) is 13.2 Å². The van der Waals surface area contributed by atoms with Crippen LogP contribution in [-0.4, -0.2) is 5.11 Å². The quantitative estimate of drug-likeness (QED) is 0.680. The van der Waals surface area contributed by atoms with Crippen molar-refractivity contribution in [2.45, 2.75) is 6.18 Å². The standard InChI is InChI=1S/C7H5F3O.ClH/c8-7(9,10)5-1-3-6(11)4-2-5;/h1-4,11H;1H. The number of rotatable bonds is 0. The van der Waals surface area contributed by atoms with E-state index in [0.29, 0.717) is 0 Å². The first-order valence-electron chi connectivity index (χ1n) is 2.86. The molecule has 68 valence electrons. The van der Waals surface area contributed by atoms with E-state index in [0.717, 1.165) is 24.3 Å². The van der Waals surface area contributed by atoms with E-state index in [2.05, 4.69) is 0 Å². The van der Waals surface area contributed by atoms with Gasteiger partial charge in [0.25, 0.3) is 0 Å². The van der Waals surface area contributed by atoms with Gasteiger partial charge >= 0.3 is 6.18 Å². The molecular formula is C7H6ClF3O. The summed E-state index contributed by atoms with van der Waals surface area (Å²) in [7, 11) is 0. The first-order valence-corrected chi connectivity index (χ1v) is 2.86. The highest BCUT2D eigenvalue weighted by Gasteiger charge is 2.29. The van der Waals surface area contributed by atoms with Gasteiger partial charge in [-0.05, 0) is 24.3 Å². The van der Waals surface area contributed by atoms with Gasteiger partial charge in [-0.25, -0.2) is 0 Å². The van der Waals surface area contributed by atoms with E-state index in [9.17, 15) is 13.2 Å². The van der Waals surface area contributed by atoms with Crippen molar-refractivity contribution in [1.82, 2.24) is 0 Å². The number of phenolic OH excluding ortho intramolecular Hbond substituents is 1. The Labute approximate surface area is 73.2 Å². The van der Waals surface area contributed by atoms with E-state index in [1.54, 1.807) is 0 Å². The fourth-order valence-electron chi connectivity index (χ4n) is 0.650. The van der Waals surface area contributed by atoms with Crippen molar-refractivity contribution in [1.29, 1.82) is 0 Å². The SMILES string of the molecule is Cl.Oc1ccc(C(F)(F)F)cc1. The second-order valence-electron chi connectivity index (χ2n) is 2.04. The van der Waals surface area contributed by atoms with Crippen molar-refractivity contribution in [3.63, 3.8) is 0 Å². The Morgan fingerprint density at radius 2 is 1.42 bits per heavy atom. The summed E-state index contributed by atoms with van der Waals surface area (Å²) in [6, 6.07) is 3.66. The average Bonchev–Trinajstić information content (AvgIpc) is 1.86. The minimum absolute atomic E-state index is 0. The molecule has 0 aliphatic carbocycles. The third-order valence-corrected chi connectivity index (χ3v) is 1.19. The van der Waals surface area contributed by atoms with Crippen LogP contribution in [0.1, 0.15) is 5.56 Å². The summed E-state index contributed by atoms with van der Waals surface area (Å²) in [6.45, 7) is 0. The molecule has 0 aromatic heterocycles. The van der Waals surface area contributed by atoms with Crippen molar-refractivity contribution < 1.29 is 18.3 Å². The van der Waals surface area contributed by atoms with E-state index >= 15 is 0 Å². The Balaban J connectivity index is 0.00000121. The number of phenols is 1. The molecule has 1 nitrogen and oxygen atoms in total. The van der Waals surface area contributed by atoms with Gasteiger partial charge in [-0.1, -0.05) is 0 Å². The molecule has 0 unspecified atom stereocenters. The zero-order valence-corrected chi connectivity index (χ0v) is 6.62. The second-order valence-corrected chi connectivity index (χ2v) is 2.04. The summed E-state index contributed by atoms with van der Waals surface area (Å²) in [5.41, 5.74) is -0.754. The van der Waals surface area contributed by atoms with Gasteiger partial charge in [0.05, 0.1) is 5.56 Å². The fraction of sp³-hybridized carbons (Fsp3) is 0.143. The van der Waals surface area contributed by atoms with E-state index in [4.69, 9.17) is 5.11 Å². The maximum absolute atomic E-state index is 11.8. The molecule has 0 bridgehead atoms. The van der Waals surface area contributed by atoms with Crippen LogP contribution in [0.3, 0.4) is 0 Å². The number of alkyl halides is 3. The lowest BCUT2D eigenvalue weighted by Gasteiger charge is -2.04. The van der Waals surface area contributed by atoms with Crippen molar-refractivity contribution in [3.8, 4) is 5.75 Å². The van der Waals surface area contributed by atoms with E-state index < -0.39 is 11.7 Å². The van der Waals surface area contributed by atoms with Gasteiger partial charge in [0, 0.05) is 0 Å². The largest absolute Gasteiger partial charge is 0.508 e. The summed E-state index contributed by atoms with van der Waals surface area (Å²) < 4.78 is 35.5. The molecule has 0 fully saturated rings. The van der Waals surface area contributed by atoms with Crippen LogP contribution in [-0.2, 0) is 6.18 Å². The molecule has 0 aliphatic rings. The first kappa shape index (κ1) is 11.1. The molecule has 0 spiro atoms. The van der Waals surface area contributed by atoms with Crippen LogP contribution in [0.25, 0.3) is 0 Å². The Kier molecular flexibility index (Phi) is 3.39. The molecule has 1 rings (SSSR count). The molecule has 0 radical (unpaired) electrons. The molecule has 0 saturated heterocycles. The van der Waals surface area contributed by atoms with Crippen LogP contribution >= 0.6 is 12.4 Å². The molecule has 1 N–H and O–H groups in total.